The van der Waals surface area contributed by atoms with Crippen molar-refractivity contribution in [3.8, 4) is 5.75 Å². The van der Waals surface area contributed by atoms with Crippen molar-refractivity contribution in [3.63, 3.8) is 0 Å². The summed E-state index contributed by atoms with van der Waals surface area (Å²) in [6.07, 6.45) is 3.79. The lowest BCUT2D eigenvalue weighted by molar-refractivity contribution is 0.470. The zero-order valence-electron chi connectivity index (χ0n) is 8.34. The van der Waals surface area contributed by atoms with Crippen molar-refractivity contribution >= 4 is 17.7 Å². The molecule has 76 valence electrons. The van der Waals surface area contributed by atoms with Gasteiger partial charge < -0.3 is 10.4 Å². The molecule has 0 atom stereocenters. The lowest BCUT2D eigenvalue weighted by Crippen LogP contribution is -2.03. The molecule has 0 saturated carbocycles. The number of likely N-dealkylation sites (N-methyl/N-ethyl adjacent to an activating group) is 1. The minimum atomic E-state index is 0.293. The van der Waals surface area contributed by atoms with E-state index in [0.29, 0.717) is 10.8 Å². The van der Waals surface area contributed by atoms with Crippen LogP contribution in [0.5, 0.6) is 5.75 Å². The highest BCUT2D eigenvalue weighted by molar-refractivity contribution is 6.30. The first kappa shape index (κ1) is 11.1. The summed E-state index contributed by atoms with van der Waals surface area (Å²) in [5, 5.41) is 13.3. The van der Waals surface area contributed by atoms with Crippen LogP contribution in [0.4, 0.5) is 0 Å². The Kier molecular flexibility index (Phi) is 3.98. The van der Waals surface area contributed by atoms with Crippen molar-refractivity contribution in [3.05, 3.63) is 34.4 Å². The molecule has 2 nitrogen and oxygen atoms in total. The summed E-state index contributed by atoms with van der Waals surface area (Å²) in [4.78, 5) is 0. The minimum absolute atomic E-state index is 0.293. The topological polar surface area (TPSA) is 32.3 Å². The van der Waals surface area contributed by atoms with E-state index in [1.807, 2.05) is 26.1 Å². The second-order valence-corrected chi connectivity index (χ2v) is 3.56. The van der Waals surface area contributed by atoms with Gasteiger partial charge in [0.1, 0.15) is 5.75 Å². The summed E-state index contributed by atoms with van der Waals surface area (Å²) >= 11 is 5.87. The standard InChI is InChI=1S/C11H14ClNO/c1-8-6-10(12)7-9(11(8)14)4-3-5-13-2/h3-4,6-7,13-14H,5H2,1-2H3. The third kappa shape index (κ3) is 2.76. The number of halogens is 1. The number of phenols is 1. The Labute approximate surface area is 89.2 Å². The lowest BCUT2D eigenvalue weighted by Gasteiger charge is -2.03. The van der Waals surface area contributed by atoms with E-state index in [2.05, 4.69) is 5.32 Å². The maximum atomic E-state index is 9.69. The molecule has 1 aromatic rings. The molecule has 0 aliphatic heterocycles. The molecule has 1 aromatic carbocycles. The third-order valence-electron chi connectivity index (χ3n) is 1.91. The Bertz CT molecular complexity index is 347. The Morgan fingerprint density at radius 1 is 1.50 bits per heavy atom. The van der Waals surface area contributed by atoms with Gasteiger partial charge >= 0.3 is 0 Å². The highest BCUT2D eigenvalue weighted by Crippen LogP contribution is 2.27. The molecule has 0 aliphatic carbocycles. The molecule has 0 aliphatic rings. The van der Waals surface area contributed by atoms with E-state index in [1.54, 1.807) is 12.1 Å². The molecule has 1 rings (SSSR count). The Balaban J connectivity index is 2.96. The fraction of sp³-hybridized carbons (Fsp3) is 0.273. The van der Waals surface area contributed by atoms with E-state index in [4.69, 9.17) is 11.6 Å². The van der Waals surface area contributed by atoms with Gasteiger partial charge in [0, 0.05) is 17.1 Å². The molecular weight excluding hydrogens is 198 g/mol. The summed E-state index contributed by atoms with van der Waals surface area (Å²) < 4.78 is 0. The molecule has 0 saturated heterocycles. The van der Waals surface area contributed by atoms with Crippen LogP contribution >= 0.6 is 11.6 Å². The number of benzene rings is 1. The monoisotopic (exact) mass is 211 g/mol. The molecule has 2 N–H and O–H groups in total. The summed E-state index contributed by atoms with van der Waals surface area (Å²) in [6.45, 7) is 2.60. The molecule has 0 heterocycles. The zero-order chi connectivity index (χ0) is 10.6. The lowest BCUT2D eigenvalue weighted by atomic mass is 10.1. The molecule has 0 spiro atoms. The van der Waals surface area contributed by atoms with E-state index in [9.17, 15) is 5.11 Å². The highest BCUT2D eigenvalue weighted by atomic mass is 35.5. The van der Waals surface area contributed by atoms with Crippen LogP contribution < -0.4 is 5.32 Å². The van der Waals surface area contributed by atoms with Crippen LogP contribution in [0.2, 0.25) is 5.02 Å². The van der Waals surface area contributed by atoms with Crippen molar-refractivity contribution in [2.45, 2.75) is 6.92 Å². The predicted molar refractivity (Wildman–Crippen MR) is 60.8 cm³/mol. The van der Waals surface area contributed by atoms with Crippen LogP contribution in [0, 0.1) is 6.92 Å². The second kappa shape index (κ2) is 5.03. The van der Waals surface area contributed by atoms with Crippen molar-refractivity contribution in [2.24, 2.45) is 0 Å². The molecule has 0 aromatic heterocycles. The molecule has 14 heavy (non-hydrogen) atoms. The quantitative estimate of drug-likeness (QED) is 0.806. The van der Waals surface area contributed by atoms with Crippen LogP contribution in [-0.4, -0.2) is 18.7 Å². The van der Waals surface area contributed by atoms with E-state index in [1.165, 1.54) is 0 Å². The number of aryl methyl sites for hydroxylation is 1. The SMILES string of the molecule is CNCC=Cc1cc(Cl)cc(C)c1O. The second-order valence-electron chi connectivity index (χ2n) is 3.12. The van der Waals surface area contributed by atoms with Gasteiger partial charge in [-0.25, -0.2) is 0 Å². The third-order valence-corrected chi connectivity index (χ3v) is 2.13. The van der Waals surface area contributed by atoms with Gasteiger partial charge in [-0.15, -0.1) is 0 Å². The van der Waals surface area contributed by atoms with Crippen LogP contribution in [0.25, 0.3) is 6.08 Å². The summed E-state index contributed by atoms with van der Waals surface area (Å²) in [7, 11) is 1.87. The normalized spacial score (nSPS) is 11.1. The number of phenolic OH excluding ortho intramolecular Hbond substituents is 1. The number of nitrogens with one attached hydrogen (secondary N) is 1. The molecular formula is C11H14ClNO. The summed E-state index contributed by atoms with van der Waals surface area (Å²) in [5.41, 5.74) is 1.55. The first-order chi connectivity index (χ1) is 6.65. The van der Waals surface area contributed by atoms with Crippen molar-refractivity contribution in [2.75, 3.05) is 13.6 Å². The van der Waals surface area contributed by atoms with Crippen molar-refractivity contribution in [1.82, 2.24) is 5.32 Å². The molecule has 3 heteroatoms. The number of hydrogen-bond acceptors (Lipinski definition) is 2. The molecule has 0 fully saturated rings. The molecule has 0 bridgehead atoms. The number of hydrogen-bond donors (Lipinski definition) is 2. The van der Waals surface area contributed by atoms with Gasteiger partial charge in [0.2, 0.25) is 0 Å². The zero-order valence-corrected chi connectivity index (χ0v) is 9.10. The van der Waals surface area contributed by atoms with Gasteiger partial charge in [0.25, 0.3) is 0 Å². The Morgan fingerprint density at radius 2 is 2.21 bits per heavy atom. The van der Waals surface area contributed by atoms with E-state index in [-0.39, 0.29) is 0 Å². The van der Waals surface area contributed by atoms with Gasteiger partial charge in [-0.1, -0.05) is 23.8 Å². The fourth-order valence-electron chi connectivity index (χ4n) is 1.19. The number of rotatable bonds is 3. The van der Waals surface area contributed by atoms with Crippen LogP contribution in [-0.2, 0) is 0 Å². The van der Waals surface area contributed by atoms with E-state index in [0.717, 1.165) is 17.7 Å². The van der Waals surface area contributed by atoms with Gasteiger partial charge in [-0.2, -0.15) is 0 Å². The summed E-state index contributed by atoms with van der Waals surface area (Å²) in [6, 6.07) is 3.49. The van der Waals surface area contributed by atoms with Crippen LogP contribution in [0.1, 0.15) is 11.1 Å². The van der Waals surface area contributed by atoms with Gasteiger partial charge in [-0.3, -0.25) is 0 Å². The molecule has 0 amide bonds. The number of aromatic hydroxyl groups is 1. The Hall–Kier alpha value is -0.990. The highest BCUT2D eigenvalue weighted by Gasteiger charge is 2.02. The molecule has 0 unspecified atom stereocenters. The molecule has 0 radical (unpaired) electrons. The minimum Gasteiger partial charge on any atom is -0.507 e. The van der Waals surface area contributed by atoms with E-state index < -0.39 is 0 Å². The largest absolute Gasteiger partial charge is 0.507 e. The van der Waals surface area contributed by atoms with Gasteiger partial charge in [0.15, 0.2) is 0 Å². The fourth-order valence-corrected chi connectivity index (χ4v) is 1.47. The first-order valence-electron chi connectivity index (χ1n) is 4.45. The maximum Gasteiger partial charge on any atom is 0.125 e. The maximum absolute atomic E-state index is 9.69. The van der Waals surface area contributed by atoms with Crippen LogP contribution in [0.15, 0.2) is 18.2 Å². The van der Waals surface area contributed by atoms with Gasteiger partial charge in [-0.05, 0) is 31.7 Å². The Morgan fingerprint density at radius 3 is 2.86 bits per heavy atom. The first-order valence-corrected chi connectivity index (χ1v) is 4.83. The van der Waals surface area contributed by atoms with Crippen molar-refractivity contribution in [1.29, 1.82) is 0 Å². The average molecular weight is 212 g/mol. The van der Waals surface area contributed by atoms with Crippen molar-refractivity contribution < 1.29 is 5.11 Å². The summed E-state index contributed by atoms with van der Waals surface area (Å²) in [5.74, 6) is 0.293. The average Bonchev–Trinajstić information content (AvgIpc) is 2.13. The smallest absolute Gasteiger partial charge is 0.125 e. The van der Waals surface area contributed by atoms with E-state index >= 15 is 0 Å². The van der Waals surface area contributed by atoms with Crippen LogP contribution in [0.3, 0.4) is 0 Å². The predicted octanol–water partition coefficient (Wildman–Crippen LogP) is 2.59. The van der Waals surface area contributed by atoms with Gasteiger partial charge in [0.05, 0.1) is 0 Å².